The molecule has 184 valence electrons. The predicted molar refractivity (Wildman–Crippen MR) is 167 cm³/mol. The van der Waals surface area contributed by atoms with E-state index < -0.39 is 21.1 Å². The van der Waals surface area contributed by atoms with Gasteiger partial charge in [-0.05, 0) is 35.2 Å². The Kier molecular flexibility index (Phi) is 13.1. The fraction of sp³-hybridized carbons (Fsp3) is 0.571. The monoisotopic (exact) mass is 628 g/mol. The van der Waals surface area contributed by atoms with E-state index in [0.29, 0.717) is 20.6 Å². The van der Waals surface area contributed by atoms with Crippen LogP contribution in [0.1, 0.15) is 83.1 Å². The van der Waals surface area contributed by atoms with Crippen LogP contribution in [0, 0.1) is 0 Å². The van der Waals surface area contributed by atoms with Crippen LogP contribution in [0.25, 0.3) is 0 Å². The summed E-state index contributed by atoms with van der Waals surface area (Å²) in [7, 11) is 2.45. The average Bonchev–Trinajstić information content (AvgIpc) is 2.64. The Bertz CT molecular complexity index is 725. The van der Waals surface area contributed by atoms with Gasteiger partial charge in [0.1, 0.15) is 0 Å². The van der Waals surface area contributed by atoms with Gasteiger partial charge in [-0.25, -0.2) is 0 Å². The van der Waals surface area contributed by atoms with Crippen LogP contribution in [-0.4, -0.2) is 41.8 Å². The Morgan fingerprint density at radius 2 is 0.758 bits per heavy atom. The first-order valence-corrected chi connectivity index (χ1v) is 21.8. The van der Waals surface area contributed by atoms with Crippen LogP contribution in [0.3, 0.4) is 0 Å². The second-order valence-corrected chi connectivity index (χ2v) is 32.6. The van der Waals surface area contributed by atoms with Crippen LogP contribution in [0.5, 0.6) is 0 Å². The maximum atomic E-state index is 2.49. The van der Waals surface area contributed by atoms with E-state index in [9.17, 15) is 0 Å². The van der Waals surface area contributed by atoms with Crippen molar-refractivity contribution in [2.75, 3.05) is 0 Å². The summed E-state index contributed by atoms with van der Waals surface area (Å²) in [5, 5.41) is 1.93. The van der Waals surface area contributed by atoms with E-state index in [0.717, 1.165) is 16.5 Å². The summed E-state index contributed by atoms with van der Waals surface area (Å²) in [6.45, 7) is 29.6. The third kappa shape index (κ3) is 14.3. The normalized spacial score (nSPS) is 15.5. The van der Waals surface area contributed by atoms with Crippen molar-refractivity contribution in [3.05, 3.63) is 60.7 Å². The van der Waals surface area contributed by atoms with Crippen molar-refractivity contribution in [3.8, 4) is 0 Å². The van der Waals surface area contributed by atoms with Crippen molar-refractivity contribution in [1.82, 2.24) is 0 Å². The fourth-order valence-electron chi connectivity index (χ4n) is 2.88. The van der Waals surface area contributed by atoms with Gasteiger partial charge in [0, 0.05) is 0 Å². The minimum absolute atomic E-state index is 0.0993. The van der Waals surface area contributed by atoms with E-state index >= 15 is 0 Å². The van der Waals surface area contributed by atoms with Gasteiger partial charge < -0.3 is 0 Å². The van der Waals surface area contributed by atoms with Crippen molar-refractivity contribution in [2.24, 2.45) is 0 Å². The molecule has 0 heterocycles. The van der Waals surface area contributed by atoms with Crippen molar-refractivity contribution in [2.45, 2.75) is 104 Å². The summed E-state index contributed by atoms with van der Waals surface area (Å²) < 4.78 is 3.08. The molecule has 2 aromatic carbocycles. The molecule has 0 nitrogen and oxygen atoms in total. The van der Waals surface area contributed by atoms with Gasteiger partial charge in [0.05, 0.1) is 0 Å². The molecule has 5 heteroatoms. The van der Waals surface area contributed by atoms with Crippen LogP contribution in [0.4, 0.5) is 0 Å². The molecule has 0 aliphatic carbocycles. The predicted octanol–water partition coefficient (Wildman–Crippen LogP) is 9.59. The van der Waals surface area contributed by atoms with E-state index in [1.165, 1.54) is 7.16 Å². The van der Waals surface area contributed by atoms with E-state index in [4.69, 9.17) is 0 Å². The SMILES string of the molecule is CC(C)(C)PP(P(PC(C)(C)C)C(C)(C)C)C(C)(C)C.c1cc[c]([Sn][c]2ccccc2)cc1. The third-order valence-corrected chi connectivity index (χ3v) is 33.8. The third-order valence-electron chi connectivity index (χ3n) is 4.19. The van der Waals surface area contributed by atoms with E-state index in [1.54, 1.807) is 0 Å². The number of benzene rings is 2. The molecule has 4 atom stereocenters. The summed E-state index contributed by atoms with van der Waals surface area (Å²) in [6.07, 6.45) is 0. The zero-order chi connectivity index (χ0) is 25.5. The molecular weight excluding hydrogens is 579 g/mol. The molecule has 0 fully saturated rings. The Hall–Kier alpha value is 0.959. The Morgan fingerprint density at radius 3 is 0.970 bits per heavy atom. The first kappa shape index (κ1) is 32.0. The van der Waals surface area contributed by atoms with Crippen molar-refractivity contribution in [1.29, 1.82) is 0 Å². The molecule has 0 spiro atoms. The van der Waals surface area contributed by atoms with Gasteiger partial charge in [-0.2, -0.15) is 0 Å². The average molecular weight is 627 g/mol. The number of rotatable bonds is 5. The zero-order valence-corrected chi connectivity index (χ0v) is 29.8. The zero-order valence-electron chi connectivity index (χ0n) is 23.2. The van der Waals surface area contributed by atoms with Gasteiger partial charge in [0.15, 0.2) is 0 Å². The standard InChI is InChI=1S/C16H38P4.2C6H5.Sn/c1-13(2,3)17-19(15(7,8)9)20(16(10,11)12)18-14(4,5)6;2*1-2-4-6-5-3-1;/h17-18H,1-12H3;2*1-5H;. The van der Waals surface area contributed by atoms with Crippen LogP contribution >= 0.6 is 31.1 Å². The van der Waals surface area contributed by atoms with Gasteiger partial charge in [-0.15, -0.1) is 0 Å². The summed E-state index contributed by atoms with van der Waals surface area (Å²) >= 11 is -0.517. The van der Waals surface area contributed by atoms with Crippen LogP contribution in [-0.2, 0) is 0 Å². The summed E-state index contributed by atoms with van der Waals surface area (Å²) in [5.74, 6) is 0. The first-order chi connectivity index (χ1) is 14.9. The number of hydrogen-bond acceptors (Lipinski definition) is 0. The summed E-state index contributed by atoms with van der Waals surface area (Å²) in [5.41, 5.74) is 0. The van der Waals surface area contributed by atoms with Gasteiger partial charge in [-0.3, -0.25) is 0 Å². The second-order valence-electron chi connectivity index (χ2n) is 12.5. The maximum absolute atomic E-state index is 2.49. The van der Waals surface area contributed by atoms with Gasteiger partial charge in [0.25, 0.3) is 0 Å². The summed E-state index contributed by atoms with van der Waals surface area (Å²) in [6, 6.07) is 21.6. The molecule has 0 aliphatic heterocycles. The van der Waals surface area contributed by atoms with Crippen LogP contribution < -0.4 is 7.16 Å². The molecule has 4 unspecified atom stereocenters. The quantitative estimate of drug-likeness (QED) is 0.229. The van der Waals surface area contributed by atoms with E-state index in [1.807, 2.05) is 0 Å². The summed E-state index contributed by atoms with van der Waals surface area (Å²) in [4.78, 5) is 0. The van der Waals surface area contributed by atoms with Crippen molar-refractivity contribution < 1.29 is 0 Å². The topological polar surface area (TPSA) is 0 Å². The molecular formula is C28H48P4Sn. The molecule has 2 aromatic rings. The molecule has 2 radical (unpaired) electrons. The van der Waals surface area contributed by atoms with E-state index in [2.05, 4.69) is 144 Å². The fourth-order valence-corrected chi connectivity index (χ4v) is 34.5. The molecule has 0 bridgehead atoms. The second kappa shape index (κ2) is 13.5. The minimum atomic E-state index is -0.517. The molecule has 0 amide bonds. The van der Waals surface area contributed by atoms with Crippen LogP contribution in [0.15, 0.2) is 60.7 Å². The molecule has 0 saturated heterocycles. The van der Waals surface area contributed by atoms with Crippen LogP contribution in [0.2, 0.25) is 0 Å². The Balaban J connectivity index is 0.000000357. The molecule has 0 aromatic heterocycles. The molecule has 0 aliphatic rings. The van der Waals surface area contributed by atoms with Gasteiger partial charge >= 0.3 is 89.0 Å². The molecule has 0 saturated carbocycles. The molecule has 2 rings (SSSR count). The Labute approximate surface area is 222 Å². The van der Waals surface area contributed by atoms with Gasteiger partial charge in [0.2, 0.25) is 0 Å². The van der Waals surface area contributed by atoms with Gasteiger partial charge in [-0.1, -0.05) is 99.6 Å². The molecule has 33 heavy (non-hydrogen) atoms. The van der Waals surface area contributed by atoms with E-state index in [-0.39, 0.29) is 14.6 Å². The van der Waals surface area contributed by atoms with Crippen molar-refractivity contribution >= 4 is 59.4 Å². The first-order valence-electron chi connectivity index (χ1n) is 11.9. The number of hydrogen-bond donors (Lipinski definition) is 0. The molecule has 0 N–H and O–H groups in total. The van der Waals surface area contributed by atoms with Crippen molar-refractivity contribution in [3.63, 3.8) is 0 Å². The Morgan fingerprint density at radius 1 is 0.485 bits per heavy atom.